The number of fused-ring (bicyclic) bond motifs is 3. The van der Waals surface area contributed by atoms with Crippen molar-refractivity contribution in [1.29, 1.82) is 0 Å². The van der Waals surface area contributed by atoms with Gasteiger partial charge in [0, 0.05) is 36.5 Å². The minimum atomic E-state index is -2.68. The van der Waals surface area contributed by atoms with E-state index in [9.17, 15) is 18.4 Å². The molecule has 166 valence electrons. The summed E-state index contributed by atoms with van der Waals surface area (Å²) in [6, 6.07) is 1.41. The number of ketones is 1. The Hall–Kier alpha value is -2.45. The summed E-state index contributed by atoms with van der Waals surface area (Å²) in [6.45, 7) is 7.22. The van der Waals surface area contributed by atoms with Crippen LogP contribution < -0.4 is 0 Å². The fourth-order valence-corrected chi connectivity index (χ4v) is 6.23. The Morgan fingerprint density at radius 2 is 1.90 bits per heavy atom. The molecule has 0 N–H and O–H groups in total. The van der Waals surface area contributed by atoms with E-state index in [-0.39, 0.29) is 34.5 Å². The second-order valence-electron chi connectivity index (χ2n) is 10.1. The van der Waals surface area contributed by atoms with Crippen molar-refractivity contribution in [3.05, 3.63) is 23.8 Å². The van der Waals surface area contributed by atoms with Gasteiger partial charge in [-0.3, -0.25) is 9.59 Å². The van der Waals surface area contributed by atoms with Crippen molar-refractivity contribution in [2.24, 2.45) is 16.2 Å². The van der Waals surface area contributed by atoms with Crippen LogP contribution in [0.4, 0.5) is 8.78 Å². The van der Waals surface area contributed by atoms with E-state index in [1.54, 1.807) is 0 Å². The van der Waals surface area contributed by atoms with Crippen molar-refractivity contribution in [3.63, 3.8) is 0 Å². The first kappa shape index (κ1) is 20.5. The molecular weight excluding hydrogens is 404 g/mol. The molecule has 2 bridgehead atoms. The maximum absolute atomic E-state index is 13.6. The maximum Gasteiger partial charge on any atom is 0.280 e. The predicted molar refractivity (Wildman–Crippen MR) is 107 cm³/mol. The number of aromatic nitrogens is 4. The van der Waals surface area contributed by atoms with Gasteiger partial charge >= 0.3 is 0 Å². The fraction of sp³-hybridized carbons (Fsp3) is 0.682. The summed E-state index contributed by atoms with van der Waals surface area (Å²) in [6.07, 6.45) is 1.69. The van der Waals surface area contributed by atoms with Crippen molar-refractivity contribution in [1.82, 2.24) is 24.5 Å². The van der Waals surface area contributed by atoms with E-state index in [0.717, 1.165) is 17.4 Å². The van der Waals surface area contributed by atoms with E-state index in [1.807, 2.05) is 11.8 Å². The van der Waals surface area contributed by atoms with Crippen molar-refractivity contribution in [3.8, 4) is 0 Å². The molecule has 2 atom stereocenters. The highest BCUT2D eigenvalue weighted by Crippen LogP contribution is 2.71. The number of rotatable bonds is 3. The van der Waals surface area contributed by atoms with Gasteiger partial charge in [-0.05, 0) is 37.2 Å². The SMILES string of the molecule is CC1(C)[C@]2(C(=O)N3CCC(c4cc(C(F)F)n5ncnc5n4)CC3)CC[C@]1(C)C(=O)C2. The molecule has 31 heavy (non-hydrogen) atoms. The molecule has 1 saturated heterocycles. The van der Waals surface area contributed by atoms with Gasteiger partial charge in [-0.2, -0.15) is 14.6 Å². The van der Waals surface area contributed by atoms with E-state index in [4.69, 9.17) is 0 Å². The van der Waals surface area contributed by atoms with Crippen molar-refractivity contribution in [2.75, 3.05) is 13.1 Å². The highest BCUT2D eigenvalue weighted by atomic mass is 19.3. The van der Waals surface area contributed by atoms with Gasteiger partial charge in [-0.15, -0.1) is 0 Å². The highest BCUT2D eigenvalue weighted by molar-refractivity contribution is 5.99. The van der Waals surface area contributed by atoms with Crippen LogP contribution in [-0.4, -0.2) is 49.3 Å². The molecule has 0 aromatic carbocycles. The average molecular weight is 431 g/mol. The number of Topliss-reactive ketones (excluding diaryl/α,β-unsaturated/α-hetero) is 1. The van der Waals surface area contributed by atoms with Gasteiger partial charge in [0.25, 0.3) is 12.2 Å². The Morgan fingerprint density at radius 1 is 1.19 bits per heavy atom. The largest absolute Gasteiger partial charge is 0.342 e. The van der Waals surface area contributed by atoms with Gasteiger partial charge in [0.15, 0.2) is 0 Å². The van der Waals surface area contributed by atoms with Crippen molar-refractivity contribution >= 4 is 17.5 Å². The molecule has 2 aliphatic carbocycles. The van der Waals surface area contributed by atoms with Gasteiger partial charge in [-0.1, -0.05) is 20.8 Å². The van der Waals surface area contributed by atoms with Gasteiger partial charge in [0.2, 0.25) is 5.91 Å². The molecule has 0 spiro atoms. The molecule has 0 radical (unpaired) electrons. The lowest BCUT2D eigenvalue weighted by molar-refractivity contribution is -0.149. The minimum absolute atomic E-state index is 0.0205. The van der Waals surface area contributed by atoms with Crippen molar-refractivity contribution in [2.45, 2.75) is 65.2 Å². The Labute approximate surface area is 179 Å². The summed E-state index contributed by atoms with van der Waals surface area (Å²) in [7, 11) is 0. The summed E-state index contributed by atoms with van der Waals surface area (Å²) in [5.41, 5.74) is -1.05. The molecule has 2 saturated carbocycles. The number of hydrogen-bond donors (Lipinski definition) is 0. The average Bonchev–Trinajstić information content (AvgIpc) is 3.34. The number of halogens is 2. The van der Waals surface area contributed by atoms with Crippen LogP contribution in [-0.2, 0) is 9.59 Å². The van der Waals surface area contributed by atoms with Crippen LogP contribution in [0.3, 0.4) is 0 Å². The topological polar surface area (TPSA) is 80.5 Å². The van der Waals surface area contributed by atoms with Crippen LogP contribution in [0, 0.1) is 16.2 Å². The van der Waals surface area contributed by atoms with Gasteiger partial charge in [0.05, 0.1) is 5.41 Å². The highest BCUT2D eigenvalue weighted by Gasteiger charge is 2.73. The fourth-order valence-electron chi connectivity index (χ4n) is 6.23. The van der Waals surface area contributed by atoms with E-state index in [0.29, 0.717) is 38.0 Å². The molecule has 1 amide bonds. The summed E-state index contributed by atoms with van der Waals surface area (Å²) in [5, 5.41) is 3.83. The molecular formula is C22H27F2N5O2. The second-order valence-corrected chi connectivity index (χ2v) is 10.1. The number of piperidine rings is 1. The second kappa shape index (κ2) is 6.53. The van der Waals surface area contributed by atoms with Crippen LogP contribution in [0.15, 0.2) is 12.4 Å². The van der Waals surface area contributed by atoms with Gasteiger partial charge < -0.3 is 4.90 Å². The minimum Gasteiger partial charge on any atom is -0.342 e. The predicted octanol–water partition coefficient (Wildman–Crippen LogP) is 3.55. The lowest BCUT2D eigenvalue weighted by Crippen LogP contribution is -2.50. The Kier molecular flexibility index (Phi) is 4.31. The number of carbonyl (C=O) groups excluding carboxylic acids is 2. The Bertz CT molecular complexity index is 1080. The lowest BCUT2D eigenvalue weighted by Gasteiger charge is -2.43. The van der Waals surface area contributed by atoms with E-state index < -0.39 is 17.3 Å². The monoisotopic (exact) mass is 431 g/mol. The third-order valence-electron chi connectivity index (χ3n) is 8.84. The van der Waals surface area contributed by atoms with Gasteiger partial charge in [0.1, 0.15) is 17.8 Å². The van der Waals surface area contributed by atoms with Crippen LogP contribution >= 0.6 is 0 Å². The smallest absolute Gasteiger partial charge is 0.280 e. The quantitative estimate of drug-likeness (QED) is 0.743. The number of amides is 1. The number of hydrogen-bond acceptors (Lipinski definition) is 5. The summed E-state index contributed by atoms with van der Waals surface area (Å²) in [4.78, 5) is 36.7. The first-order valence-corrected chi connectivity index (χ1v) is 10.9. The molecule has 1 aliphatic heterocycles. The molecule has 0 unspecified atom stereocenters. The molecule has 9 heteroatoms. The molecule has 3 heterocycles. The maximum atomic E-state index is 13.6. The molecule has 3 fully saturated rings. The van der Waals surface area contributed by atoms with E-state index in [1.165, 1.54) is 12.4 Å². The first-order valence-electron chi connectivity index (χ1n) is 10.9. The van der Waals surface area contributed by atoms with Crippen molar-refractivity contribution < 1.29 is 18.4 Å². The third-order valence-corrected chi connectivity index (χ3v) is 8.84. The molecule has 2 aromatic rings. The first-order chi connectivity index (χ1) is 14.6. The number of nitrogens with zero attached hydrogens (tertiary/aromatic N) is 5. The third kappa shape index (κ3) is 2.58. The summed E-state index contributed by atoms with van der Waals surface area (Å²) < 4.78 is 28.0. The zero-order valence-electron chi connectivity index (χ0n) is 18.1. The summed E-state index contributed by atoms with van der Waals surface area (Å²) >= 11 is 0. The summed E-state index contributed by atoms with van der Waals surface area (Å²) in [5.74, 6) is 0.437. The van der Waals surface area contributed by atoms with Crippen LogP contribution in [0.2, 0.25) is 0 Å². The van der Waals surface area contributed by atoms with Gasteiger partial charge in [-0.25, -0.2) is 13.8 Å². The molecule has 3 aliphatic rings. The van der Waals surface area contributed by atoms with E-state index in [2.05, 4.69) is 28.9 Å². The lowest BCUT2D eigenvalue weighted by atomic mass is 9.64. The standard InChI is InChI=1S/C22H27F2N5O2/c1-20(2)21(3)6-7-22(20,11-16(21)30)18(31)28-8-4-13(5-9-28)14-10-15(17(23)24)29-19(27-14)25-12-26-29/h10,12-13,17H,4-9,11H2,1-3H3/t21-,22-/m1/s1. The number of carbonyl (C=O) groups is 2. The Morgan fingerprint density at radius 3 is 2.48 bits per heavy atom. The molecule has 7 nitrogen and oxygen atoms in total. The van der Waals surface area contributed by atoms with E-state index >= 15 is 0 Å². The Balaban J connectivity index is 1.35. The zero-order chi connectivity index (χ0) is 22.2. The van der Waals surface area contributed by atoms with Crippen LogP contribution in [0.25, 0.3) is 5.78 Å². The van der Waals surface area contributed by atoms with Crippen LogP contribution in [0.5, 0.6) is 0 Å². The number of likely N-dealkylation sites (tertiary alicyclic amines) is 1. The molecule has 2 aromatic heterocycles. The van der Waals surface area contributed by atoms with Crippen LogP contribution in [0.1, 0.15) is 76.6 Å². The normalized spacial score (nSPS) is 30.6. The zero-order valence-corrected chi connectivity index (χ0v) is 18.1. The molecule has 5 rings (SSSR count). The number of alkyl halides is 2.